The Labute approximate surface area is 112 Å². The highest BCUT2D eigenvalue weighted by Gasteiger charge is 2.16. The van der Waals surface area contributed by atoms with E-state index in [9.17, 15) is 0 Å². The summed E-state index contributed by atoms with van der Waals surface area (Å²) in [5, 5.41) is 0. The van der Waals surface area contributed by atoms with Crippen LogP contribution in [0.25, 0.3) is 0 Å². The topological polar surface area (TPSA) is 12.5 Å². The van der Waals surface area contributed by atoms with Gasteiger partial charge < -0.3 is 4.74 Å². The van der Waals surface area contributed by atoms with Crippen LogP contribution in [0, 0.1) is 0 Å². The third-order valence-electron chi connectivity index (χ3n) is 3.30. The minimum absolute atomic E-state index is 0.881. The highest BCUT2D eigenvalue weighted by atomic mass is 28.3. The van der Waals surface area contributed by atoms with E-state index in [1.54, 1.807) is 0 Å². The van der Waals surface area contributed by atoms with Crippen LogP contribution in [0.4, 0.5) is 0 Å². The lowest BCUT2D eigenvalue weighted by Gasteiger charge is -2.28. The van der Waals surface area contributed by atoms with Gasteiger partial charge in [-0.05, 0) is 17.5 Å². The maximum absolute atomic E-state index is 5.81. The summed E-state index contributed by atoms with van der Waals surface area (Å²) in [6.45, 7) is 11.3. The number of hydrogen-bond donors (Lipinski definition) is 0. The molecule has 0 unspecified atom stereocenters. The van der Waals surface area contributed by atoms with Gasteiger partial charge in [0.15, 0.2) is 0 Å². The molecule has 0 atom stereocenters. The van der Waals surface area contributed by atoms with Crippen LogP contribution in [-0.2, 0) is 17.7 Å². The fraction of sp³-hybridized carbons (Fsp3) is 0.600. The molecule has 100 valence electrons. The highest BCUT2D eigenvalue weighted by molar-refractivity contribution is 6.76. The molecule has 3 heteroatoms. The standard InChI is InChI=1S/C15H25NOSi/c1-18(2,3)13-17-11-10-16-9-8-14-6-4-5-7-15(14)12-16/h4-7H,8-13H2,1-3H3. The summed E-state index contributed by atoms with van der Waals surface area (Å²) < 4.78 is 5.81. The van der Waals surface area contributed by atoms with E-state index in [1.165, 1.54) is 24.1 Å². The monoisotopic (exact) mass is 263 g/mol. The maximum atomic E-state index is 5.81. The van der Waals surface area contributed by atoms with Crippen LogP contribution in [0.15, 0.2) is 24.3 Å². The van der Waals surface area contributed by atoms with Crippen molar-refractivity contribution >= 4 is 8.07 Å². The number of nitrogens with zero attached hydrogens (tertiary/aromatic N) is 1. The molecule has 0 N–H and O–H groups in total. The van der Waals surface area contributed by atoms with Crippen molar-refractivity contribution < 1.29 is 4.74 Å². The van der Waals surface area contributed by atoms with E-state index in [1.807, 2.05) is 0 Å². The first kappa shape index (κ1) is 13.8. The molecule has 0 saturated carbocycles. The molecule has 1 aliphatic rings. The van der Waals surface area contributed by atoms with Gasteiger partial charge >= 0.3 is 0 Å². The fourth-order valence-electron chi connectivity index (χ4n) is 2.32. The molecular formula is C15H25NOSi. The van der Waals surface area contributed by atoms with E-state index < -0.39 is 8.07 Å². The van der Waals surface area contributed by atoms with Gasteiger partial charge in [0, 0.05) is 25.9 Å². The smallest absolute Gasteiger partial charge is 0.0746 e. The minimum atomic E-state index is -1.04. The lowest BCUT2D eigenvalue weighted by molar-refractivity contribution is 0.125. The zero-order chi connectivity index (χ0) is 13.0. The molecule has 1 aromatic carbocycles. The number of benzene rings is 1. The second kappa shape index (κ2) is 6.00. The summed E-state index contributed by atoms with van der Waals surface area (Å²) in [6, 6.07) is 8.80. The van der Waals surface area contributed by atoms with E-state index in [2.05, 4.69) is 48.8 Å². The lowest BCUT2D eigenvalue weighted by atomic mass is 10.0. The van der Waals surface area contributed by atoms with Crippen molar-refractivity contribution in [1.29, 1.82) is 0 Å². The summed E-state index contributed by atoms with van der Waals surface area (Å²) in [7, 11) is -1.04. The lowest BCUT2D eigenvalue weighted by Crippen LogP contribution is -2.35. The Balaban J connectivity index is 1.73. The average Bonchev–Trinajstić information content (AvgIpc) is 2.33. The molecule has 1 aromatic rings. The molecule has 1 heterocycles. The largest absolute Gasteiger partial charge is 0.383 e. The van der Waals surface area contributed by atoms with Gasteiger partial charge in [-0.15, -0.1) is 0 Å². The average molecular weight is 263 g/mol. The molecule has 18 heavy (non-hydrogen) atoms. The zero-order valence-electron chi connectivity index (χ0n) is 11.9. The van der Waals surface area contributed by atoms with Gasteiger partial charge in [0.2, 0.25) is 0 Å². The summed E-state index contributed by atoms with van der Waals surface area (Å²) in [5.41, 5.74) is 3.02. The Morgan fingerprint density at radius 2 is 1.89 bits per heavy atom. The molecule has 0 fully saturated rings. The van der Waals surface area contributed by atoms with Crippen LogP contribution in [0.2, 0.25) is 19.6 Å². The second-order valence-electron chi connectivity index (χ2n) is 6.41. The van der Waals surface area contributed by atoms with E-state index >= 15 is 0 Å². The van der Waals surface area contributed by atoms with Gasteiger partial charge in [0.05, 0.1) is 14.7 Å². The van der Waals surface area contributed by atoms with Crippen molar-refractivity contribution in [2.24, 2.45) is 0 Å². The SMILES string of the molecule is C[Si](C)(C)COCCN1CCc2ccccc2C1. The van der Waals surface area contributed by atoms with E-state index in [-0.39, 0.29) is 0 Å². The normalized spacial score (nSPS) is 16.6. The Morgan fingerprint density at radius 1 is 1.17 bits per heavy atom. The van der Waals surface area contributed by atoms with E-state index in [4.69, 9.17) is 4.74 Å². The van der Waals surface area contributed by atoms with E-state index in [0.29, 0.717) is 0 Å². The third-order valence-corrected chi connectivity index (χ3v) is 4.37. The van der Waals surface area contributed by atoms with Crippen molar-refractivity contribution in [2.75, 3.05) is 25.9 Å². The Bertz CT molecular complexity index is 386. The number of hydrogen-bond acceptors (Lipinski definition) is 2. The summed E-state index contributed by atoms with van der Waals surface area (Å²) >= 11 is 0. The fourth-order valence-corrected chi connectivity index (χ4v) is 3.07. The van der Waals surface area contributed by atoms with Gasteiger partial charge in [-0.1, -0.05) is 43.9 Å². The predicted molar refractivity (Wildman–Crippen MR) is 79.6 cm³/mol. The van der Waals surface area contributed by atoms with Crippen LogP contribution in [0.3, 0.4) is 0 Å². The third kappa shape index (κ3) is 4.23. The molecule has 2 rings (SSSR count). The predicted octanol–water partition coefficient (Wildman–Crippen LogP) is 2.94. The Kier molecular flexibility index (Phi) is 4.59. The van der Waals surface area contributed by atoms with E-state index in [0.717, 1.165) is 25.9 Å². The molecule has 0 spiro atoms. The van der Waals surface area contributed by atoms with Crippen LogP contribution in [0.1, 0.15) is 11.1 Å². The Hall–Kier alpha value is -0.643. The minimum Gasteiger partial charge on any atom is -0.383 e. The number of rotatable bonds is 5. The first-order chi connectivity index (χ1) is 8.54. The Morgan fingerprint density at radius 3 is 2.61 bits per heavy atom. The first-order valence-electron chi connectivity index (χ1n) is 6.91. The second-order valence-corrected chi connectivity index (χ2v) is 11.8. The van der Waals surface area contributed by atoms with Crippen molar-refractivity contribution in [1.82, 2.24) is 4.90 Å². The van der Waals surface area contributed by atoms with Gasteiger partial charge in [-0.3, -0.25) is 4.90 Å². The summed E-state index contributed by atoms with van der Waals surface area (Å²) in [4.78, 5) is 2.51. The highest BCUT2D eigenvalue weighted by Crippen LogP contribution is 2.17. The molecule has 0 radical (unpaired) electrons. The van der Waals surface area contributed by atoms with Gasteiger partial charge in [-0.25, -0.2) is 0 Å². The van der Waals surface area contributed by atoms with Crippen LogP contribution in [-0.4, -0.2) is 38.9 Å². The van der Waals surface area contributed by atoms with Crippen LogP contribution >= 0.6 is 0 Å². The molecule has 0 aliphatic carbocycles. The molecule has 1 aliphatic heterocycles. The molecule has 2 nitrogen and oxygen atoms in total. The van der Waals surface area contributed by atoms with Gasteiger partial charge in [0.1, 0.15) is 0 Å². The molecular weight excluding hydrogens is 238 g/mol. The molecule has 0 saturated heterocycles. The summed E-state index contributed by atoms with van der Waals surface area (Å²) in [6.07, 6.45) is 2.17. The quantitative estimate of drug-likeness (QED) is 0.598. The molecule has 0 bridgehead atoms. The van der Waals surface area contributed by atoms with Crippen molar-refractivity contribution in [3.05, 3.63) is 35.4 Å². The molecule has 0 aromatic heterocycles. The number of ether oxygens (including phenoxy) is 1. The number of fused-ring (bicyclic) bond motifs is 1. The van der Waals surface area contributed by atoms with Crippen LogP contribution in [0.5, 0.6) is 0 Å². The van der Waals surface area contributed by atoms with Crippen LogP contribution < -0.4 is 0 Å². The van der Waals surface area contributed by atoms with Gasteiger partial charge in [0.25, 0.3) is 0 Å². The molecule has 0 amide bonds. The van der Waals surface area contributed by atoms with Gasteiger partial charge in [-0.2, -0.15) is 0 Å². The van der Waals surface area contributed by atoms with Crippen molar-refractivity contribution in [2.45, 2.75) is 32.6 Å². The zero-order valence-corrected chi connectivity index (χ0v) is 12.9. The first-order valence-corrected chi connectivity index (χ1v) is 10.6. The van der Waals surface area contributed by atoms with Crippen molar-refractivity contribution in [3.8, 4) is 0 Å². The van der Waals surface area contributed by atoms with Crippen molar-refractivity contribution in [3.63, 3.8) is 0 Å². The maximum Gasteiger partial charge on any atom is 0.0746 e. The summed E-state index contributed by atoms with van der Waals surface area (Å²) in [5.74, 6) is 0.